The molecule has 0 atom stereocenters. The van der Waals surface area contributed by atoms with Gasteiger partial charge >= 0.3 is 5.97 Å². The van der Waals surface area contributed by atoms with Crippen molar-refractivity contribution in [3.8, 4) is 5.75 Å². The summed E-state index contributed by atoms with van der Waals surface area (Å²) in [7, 11) is 0. The molecule has 1 aromatic rings. The van der Waals surface area contributed by atoms with E-state index in [1.807, 2.05) is 0 Å². The Morgan fingerprint density at radius 3 is 2.76 bits per heavy atom. The molecular formula is C11H12FNO4. The normalized spacial score (nSPS) is 9.76. The van der Waals surface area contributed by atoms with E-state index in [0.717, 1.165) is 12.1 Å². The third-order valence-electron chi connectivity index (χ3n) is 1.90. The lowest BCUT2D eigenvalue weighted by molar-refractivity contribution is -0.141. The van der Waals surface area contributed by atoms with E-state index in [-0.39, 0.29) is 24.5 Å². The van der Waals surface area contributed by atoms with Crippen LogP contribution in [0.3, 0.4) is 0 Å². The number of aromatic hydroxyl groups is 1. The van der Waals surface area contributed by atoms with Crippen molar-refractivity contribution in [1.29, 1.82) is 0 Å². The topological polar surface area (TPSA) is 75.6 Å². The van der Waals surface area contributed by atoms with E-state index in [1.54, 1.807) is 6.92 Å². The maximum atomic E-state index is 13.2. The molecule has 0 spiro atoms. The number of ether oxygens (including phenoxy) is 1. The zero-order chi connectivity index (χ0) is 12.8. The highest BCUT2D eigenvalue weighted by Gasteiger charge is 2.13. The lowest BCUT2D eigenvalue weighted by Gasteiger charge is -2.05. The number of phenolic OH excluding ortho intramolecular Hbond substituents is 1. The highest BCUT2D eigenvalue weighted by Crippen LogP contribution is 2.14. The summed E-state index contributed by atoms with van der Waals surface area (Å²) in [6.45, 7) is 1.52. The van der Waals surface area contributed by atoms with Gasteiger partial charge in [-0.05, 0) is 19.1 Å². The number of nitrogens with one attached hydrogen (secondary N) is 1. The molecule has 92 valence electrons. The van der Waals surface area contributed by atoms with E-state index in [2.05, 4.69) is 10.1 Å². The first-order chi connectivity index (χ1) is 8.04. The van der Waals surface area contributed by atoms with Crippen molar-refractivity contribution in [2.75, 3.05) is 13.2 Å². The van der Waals surface area contributed by atoms with E-state index in [1.165, 1.54) is 6.07 Å². The molecule has 0 aliphatic heterocycles. The Hall–Kier alpha value is -2.11. The van der Waals surface area contributed by atoms with Crippen molar-refractivity contribution in [3.05, 3.63) is 29.6 Å². The smallest absolute Gasteiger partial charge is 0.325 e. The van der Waals surface area contributed by atoms with Crippen LogP contribution in [0.5, 0.6) is 5.75 Å². The lowest BCUT2D eigenvalue weighted by atomic mass is 10.2. The summed E-state index contributed by atoms with van der Waals surface area (Å²) < 4.78 is 17.8. The second-order valence-electron chi connectivity index (χ2n) is 3.15. The predicted molar refractivity (Wildman–Crippen MR) is 57.0 cm³/mol. The molecule has 2 N–H and O–H groups in total. The van der Waals surface area contributed by atoms with Crippen molar-refractivity contribution >= 4 is 11.9 Å². The van der Waals surface area contributed by atoms with Gasteiger partial charge in [-0.15, -0.1) is 0 Å². The van der Waals surface area contributed by atoms with E-state index >= 15 is 0 Å². The predicted octanol–water partition coefficient (Wildman–Crippen LogP) is 0.824. The number of halogens is 1. The summed E-state index contributed by atoms with van der Waals surface area (Å²) in [5.74, 6) is -2.47. The highest BCUT2D eigenvalue weighted by molar-refractivity contribution is 5.96. The van der Waals surface area contributed by atoms with Crippen LogP contribution in [-0.2, 0) is 9.53 Å². The molecule has 0 saturated carbocycles. The highest BCUT2D eigenvalue weighted by atomic mass is 19.1. The van der Waals surface area contributed by atoms with Crippen LogP contribution >= 0.6 is 0 Å². The van der Waals surface area contributed by atoms with Crippen molar-refractivity contribution in [2.24, 2.45) is 0 Å². The standard InChI is InChI=1S/C11H12FNO4/c1-2-17-10(15)6-13-11(16)8-4-3-7(14)5-9(8)12/h3-5,14H,2,6H2,1H3,(H,13,16). The molecule has 6 heteroatoms. The summed E-state index contributed by atoms with van der Waals surface area (Å²) in [5.41, 5.74) is -0.243. The molecule has 0 radical (unpaired) electrons. The Morgan fingerprint density at radius 2 is 2.18 bits per heavy atom. The molecule has 0 unspecified atom stereocenters. The zero-order valence-corrected chi connectivity index (χ0v) is 9.20. The number of esters is 1. The monoisotopic (exact) mass is 241 g/mol. The quantitative estimate of drug-likeness (QED) is 0.765. The van der Waals surface area contributed by atoms with Crippen LogP contribution in [0.15, 0.2) is 18.2 Å². The molecule has 0 bridgehead atoms. The van der Waals surface area contributed by atoms with E-state index in [4.69, 9.17) is 5.11 Å². The van der Waals surface area contributed by atoms with Crippen LogP contribution in [0.2, 0.25) is 0 Å². The molecule has 0 aliphatic carbocycles. The first kappa shape index (κ1) is 13.0. The van der Waals surface area contributed by atoms with Gasteiger partial charge in [0.2, 0.25) is 0 Å². The maximum Gasteiger partial charge on any atom is 0.325 e. The van der Waals surface area contributed by atoms with Gasteiger partial charge in [0, 0.05) is 6.07 Å². The number of benzene rings is 1. The van der Waals surface area contributed by atoms with Gasteiger partial charge in [0.15, 0.2) is 0 Å². The minimum atomic E-state index is -0.855. The van der Waals surface area contributed by atoms with Crippen LogP contribution in [-0.4, -0.2) is 30.1 Å². The van der Waals surface area contributed by atoms with Crippen LogP contribution < -0.4 is 5.32 Å². The van der Waals surface area contributed by atoms with Gasteiger partial charge in [-0.1, -0.05) is 0 Å². The Balaban J connectivity index is 2.61. The van der Waals surface area contributed by atoms with Gasteiger partial charge in [0.25, 0.3) is 5.91 Å². The summed E-state index contributed by atoms with van der Waals surface area (Å²) in [4.78, 5) is 22.4. The van der Waals surface area contributed by atoms with Gasteiger partial charge in [0.05, 0.1) is 12.2 Å². The Morgan fingerprint density at radius 1 is 1.47 bits per heavy atom. The average molecular weight is 241 g/mol. The van der Waals surface area contributed by atoms with Gasteiger partial charge in [-0.2, -0.15) is 0 Å². The zero-order valence-electron chi connectivity index (χ0n) is 9.20. The maximum absolute atomic E-state index is 13.2. The van der Waals surface area contributed by atoms with Gasteiger partial charge in [0.1, 0.15) is 18.1 Å². The first-order valence-corrected chi connectivity index (χ1v) is 4.97. The number of carbonyl (C=O) groups excluding carboxylic acids is 2. The number of hydrogen-bond donors (Lipinski definition) is 2. The van der Waals surface area contributed by atoms with Gasteiger partial charge in [-0.3, -0.25) is 9.59 Å². The van der Waals surface area contributed by atoms with Crippen molar-refractivity contribution in [3.63, 3.8) is 0 Å². The van der Waals surface area contributed by atoms with E-state index < -0.39 is 17.7 Å². The third kappa shape index (κ3) is 3.75. The number of amides is 1. The molecule has 1 rings (SSSR count). The largest absolute Gasteiger partial charge is 0.508 e. The van der Waals surface area contributed by atoms with Crippen LogP contribution in [0.1, 0.15) is 17.3 Å². The molecule has 0 aliphatic rings. The number of hydrogen-bond acceptors (Lipinski definition) is 4. The lowest BCUT2D eigenvalue weighted by Crippen LogP contribution is -2.31. The Labute approximate surface area is 97.2 Å². The minimum Gasteiger partial charge on any atom is -0.508 e. The minimum absolute atomic E-state index is 0.211. The number of phenols is 1. The Kier molecular flexibility index (Phi) is 4.45. The van der Waals surface area contributed by atoms with Crippen molar-refractivity contribution < 1.29 is 23.8 Å². The van der Waals surface area contributed by atoms with Crippen molar-refractivity contribution in [1.82, 2.24) is 5.32 Å². The molecule has 0 heterocycles. The molecule has 1 aromatic carbocycles. The second-order valence-corrected chi connectivity index (χ2v) is 3.15. The summed E-state index contributed by atoms with van der Waals surface area (Å²) in [5, 5.41) is 11.2. The molecule has 0 saturated heterocycles. The first-order valence-electron chi connectivity index (χ1n) is 4.97. The SMILES string of the molecule is CCOC(=O)CNC(=O)c1ccc(O)cc1F. The van der Waals surface area contributed by atoms with E-state index in [9.17, 15) is 14.0 Å². The number of rotatable bonds is 4. The molecule has 17 heavy (non-hydrogen) atoms. The fourth-order valence-corrected chi connectivity index (χ4v) is 1.15. The summed E-state index contributed by atoms with van der Waals surface area (Å²) >= 11 is 0. The van der Waals surface area contributed by atoms with Crippen LogP contribution in [0.4, 0.5) is 4.39 Å². The third-order valence-corrected chi connectivity index (χ3v) is 1.90. The fourth-order valence-electron chi connectivity index (χ4n) is 1.15. The average Bonchev–Trinajstić information content (AvgIpc) is 2.26. The molecule has 5 nitrogen and oxygen atoms in total. The molecule has 1 amide bonds. The molecule has 0 aromatic heterocycles. The molecule has 0 fully saturated rings. The fraction of sp³-hybridized carbons (Fsp3) is 0.273. The van der Waals surface area contributed by atoms with Crippen molar-refractivity contribution in [2.45, 2.75) is 6.92 Å². The van der Waals surface area contributed by atoms with Crippen LogP contribution in [0.25, 0.3) is 0 Å². The number of carbonyl (C=O) groups is 2. The molecular weight excluding hydrogens is 229 g/mol. The summed E-state index contributed by atoms with van der Waals surface area (Å²) in [6, 6.07) is 3.13. The van der Waals surface area contributed by atoms with Crippen LogP contribution in [0, 0.1) is 5.82 Å². The van der Waals surface area contributed by atoms with Gasteiger partial charge in [-0.25, -0.2) is 4.39 Å². The summed E-state index contributed by atoms with van der Waals surface area (Å²) in [6.07, 6.45) is 0. The van der Waals surface area contributed by atoms with Gasteiger partial charge < -0.3 is 15.2 Å². The Bertz CT molecular complexity index is 433. The van der Waals surface area contributed by atoms with E-state index in [0.29, 0.717) is 0 Å². The second kappa shape index (κ2) is 5.83.